The number of esters is 1. The first-order chi connectivity index (χ1) is 12.6. The van der Waals surface area contributed by atoms with Crippen molar-refractivity contribution in [1.29, 1.82) is 0 Å². The molecule has 1 unspecified atom stereocenters. The Hall–Kier alpha value is -2.29. The third-order valence-electron chi connectivity index (χ3n) is 4.24. The lowest BCUT2D eigenvalue weighted by Crippen LogP contribution is -2.13. The monoisotopic (exact) mass is 384 g/mol. The van der Waals surface area contributed by atoms with E-state index in [1.807, 2.05) is 72.8 Å². The highest BCUT2D eigenvalue weighted by Crippen LogP contribution is 2.38. The molecule has 3 aromatic rings. The van der Waals surface area contributed by atoms with Gasteiger partial charge in [-0.15, -0.1) is 0 Å². The largest absolute Gasteiger partial charge is 0.460 e. The minimum atomic E-state index is -0.506. The fraction of sp³-hybridized carbons (Fsp3) is 0.136. The van der Waals surface area contributed by atoms with Crippen molar-refractivity contribution in [1.82, 2.24) is 0 Å². The quantitative estimate of drug-likeness (QED) is 0.468. The van der Waals surface area contributed by atoms with Crippen molar-refractivity contribution in [2.45, 2.75) is 19.4 Å². The zero-order valence-electron chi connectivity index (χ0n) is 14.3. The molecule has 132 valence electrons. The Morgan fingerprint density at radius 3 is 2.15 bits per heavy atom. The molecule has 0 fully saturated rings. The molecule has 0 heterocycles. The molecule has 0 saturated carbocycles. The molecule has 0 N–H and O–H groups in total. The van der Waals surface area contributed by atoms with Gasteiger partial charge in [0.2, 0.25) is 0 Å². The van der Waals surface area contributed by atoms with Crippen molar-refractivity contribution in [3.8, 4) is 11.1 Å². The summed E-state index contributed by atoms with van der Waals surface area (Å²) in [5.74, 6) is -0.840. The van der Waals surface area contributed by atoms with Gasteiger partial charge in [0, 0.05) is 5.56 Å². The molecule has 3 aromatic carbocycles. The van der Waals surface area contributed by atoms with Crippen molar-refractivity contribution < 1.29 is 9.53 Å². The molecule has 2 nitrogen and oxygen atoms in total. The van der Waals surface area contributed by atoms with Gasteiger partial charge in [-0.1, -0.05) is 96.0 Å². The summed E-state index contributed by atoms with van der Waals surface area (Å²) in [4.78, 5) is 12.4. The highest BCUT2D eigenvalue weighted by molar-refractivity contribution is 6.44. The van der Waals surface area contributed by atoms with Crippen LogP contribution in [0.3, 0.4) is 0 Å². The van der Waals surface area contributed by atoms with Gasteiger partial charge in [0.25, 0.3) is 0 Å². The molecule has 0 amide bonds. The first-order valence-electron chi connectivity index (χ1n) is 8.32. The van der Waals surface area contributed by atoms with Crippen LogP contribution in [0.1, 0.15) is 24.0 Å². The number of hydrogen-bond acceptors (Lipinski definition) is 2. The van der Waals surface area contributed by atoms with E-state index in [2.05, 4.69) is 0 Å². The van der Waals surface area contributed by atoms with Crippen LogP contribution < -0.4 is 0 Å². The first-order valence-corrected chi connectivity index (χ1v) is 9.07. The van der Waals surface area contributed by atoms with Crippen LogP contribution in [-0.4, -0.2) is 5.97 Å². The molecule has 0 bridgehead atoms. The summed E-state index contributed by atoms with van der Waals surface area (Å²) in [6, 6.07) is 23.1. The average molecular weight is 385 g/mol. The number of rotatable bonds is 5. The van der Waals surface area contributed by atoms with Crippen LogP contribution in [0.4, 0.5) is 0 Å². The van der Waals surface area contributed by atoms with Crippen molar-refractivity contribution in [3.63, 3.8) is 0 Å². The van der Waals surface area contributed by atoms with Gasteiger partial charge in [-0.25, -0.2) is 0 Å². The van der Waals surface area contributed by atoms with E-state index in [0.717, 1.165) is 16.7 Å². The van der Waals surface area contributed by atoms with Crippen LogP contribution >= 0.6 is 23.2 Å². The standard InChI is InChI=1S/C22H18Cl2O2/c1-15(22(25)26-14-16-8-4-2-5-9-16)18-12-13-19(21(24)20(18)23)17-10-6-3-7-11-17/h2-13,15H,14H2,1H3. The molecule has 3 rings (SSSR count). The minimum Gasteiger partial charge on any atom is -0.460 e. The predicted octanol–water partition coefficient (Wildman–Crippen LogP) is 6.51. The summed E-state index contributed by atoms with van der Waals surface area (Å²) < 4.78 is 5.41. The van der Waals surface area contributed by atoms with Crippen LogP contribution in [0.2, 0.25) is 10.0 Å². The second-order valence-corrected chi connectivity index (χ2v) is 6.77. The Balaban J connectivity index is 1.78. The molecular formula is C22H18Cl2O2. The molecular weight excluding hydrogens is 367 g/mol. The second-order valence-electron chi connectivity index (χ2n) is 6.01. The number of carbonyl (C=O) groups is 1. The molecule has 0 aromatic heterocycles. The van der Waals surface area contributed by atoms with E-state index < -0.39 is 5.92 Å². The fourth-order valence-electron chi connectivity index (χ4n) is 2.72. The van der Waals surface area contributed by atoms with E-state index in [1.165, 1.54) is 0 Å². The summed E-state index contributed by atoms with van der Waals surface area (Å²) in [7, 11) is 0. The average Bonchev–Trinajstić information content (AvgIpc) is 2.69. The Morgan fingerprint density at radius 2 is 1.50 bits per heavy atom. The third-order valence-corrected chi connectivity index (χ3v) is 5.14. The lowest BCUT2D eigenvalue weighted by molar-refractivity contribution is -0.146. The molecule has 0 radical (unpaired) electrons. The smallest absolute Gasteiger partial charge is 0.313 e. The summed E-state index contributed by atoms with van der Waals surface area (Å²) in [6.07, 6.45) is 0. The van der Waals surface area contributed by atoms with Gasteiger partial charge >= 0.3 is 5.97 Å². The zero-order valence-corrected chi connectivity index (χ0v) is 15.8. The van der Waals surface area contributed by atoms with E-state index in [0.29, 0.717) is 15.6 Å². The van der Waals surface area contributed by atoms with E-state index >= 15 is 0 Å². The normalized spacial score (nSPS) is 11.8. The molecule has 0 aliphatic carbocycles. The molecule has 26 heavy (non-hydrogen) atoms. The number of halogens is 2. The first kappa shape index (κ1) is 18.5. The summed E-state index contributed by atoms with van der Waals surface area (Å²) in [6.45, 7) is 2.00. The summed E-state index contributed by atoms with van der Waals surface area (Å²) in [5, 5.41) is 0.829. The lowest BCUT2D eigenvalue weighted by atomic mass is 9.97. The van der Waals surface area contributed by atoms with Gasteiger partial charge in [-0.05, 0) is 23.6 Å². The molecule has 1 atom stereocenters. The van der Waals surface area contributed by atoms with Crippen LogP contribution in [-0.2, 0) is 16.1 Å². The van der Waals surface area contributed by atoms with E-state index in [-0.39, 0.29) is 12.6 Å². The molecule has 0 aliphatic heterocycles. The van der Waals surface area contributed by atoms with Gasteiger partial charge in [0.1, 0.15) is 6.61 Å². The summed E-state index contributed by atoms with van der Waals surface area (Å²) >= 11 is 12.9. The zero-order chi connectivity index (χ0) is 18.5. The highest BCUT2D eigenvalue weighted by atomic mass is 35.5. The van der Waals surface area contributed by atoms with Crippen LogP contribution in [0.15, 0.2) is 72.8 Å². The van der Waals surface area contributed by atoms with Crippen molar-refractivity contribution in [2.75, 3.05) is 0 Å². The second kappa shape index (κ2) is 8.39. The lowest BCUT2D eigenvalue weighted by Gasteiger charge is -2.16. The summed E-state index contributed by atoms with van der Waals surface area (Å²) in [5.41, 5.74) is 3.42. The number of hydrogen-bond donors (Lipinski definition) is 0. The van der Waals surface area contributed by atoms with Crippen molar-refractivity contribution >= 4 is 29.2 Å². The Labute approximate surface area is 163 Å². The van der Waals surface area contributed by atoms with Gasteiger partial charge in [-0.3, -0.25) is 4.79 Å². The molecule has 0 saturated heterocycles. The van der Waals surface area contributed by atoms with Gasteiger partial charge in [-0.2, -0.15) is 0 Å². The van der Waals surface area contributed by atoms with Crippen LogP contribution in [0.5, 0.6) is 0 Å². The van der Waals surface area contributed by atoms with Crippen molar-refractivity contribution in [3.05, 3.63) is 94.0 Å². The maximum Gasteiger partial charge on any atom is 0.313 e. The number of carbonyl (C=O) groups excluding carboxylic acids is 1. The number of benzene rings is 3. The third kappa shape index (κ3) is 4.09. The topological polar surface area (TPSA) is 26.3 Å². The molecule has 4 heteroatoms. The minimum absolute atomic E-state index is 0.234. The highest BCUT2D eigenvalue weighted by Gasteiger charge is 2.22. The van der Waals surface area contributed by atoms with Gasteiger partial charge in [0.15, 0.2) is 0 Å². The Bertz CT molecular complexity index is 893. The van der Waals surface area contributed by atoms with Crippen LogP contribution in [0, 0.1) is 0 Å². The van der Waals surface area contributed by atoms with Gasteiger partial charge in [0.05, 0.1) is 16.0 Å². The predicted molar refractivity (Wildman–Crippen MR) is 107 cm³/mol. The number of ether oxygens (including phenoxy) is 1. The van der Waals surface area contributed by atoms with E-state index in [4.69, 9.17) is 27.9 Å². The maximum absolute atomic E-state index is 12.4. The van der Waals surface area contributed by atoms with E-state index in [9.17, 15) is 4.79 Å². The maximum atomic E-state index is 12.4. The Morgan fingerprint density at radius 1 is 0.885 bits per heavy atom. The van der Waals surface area contributed by atoms with Crippen molar-refractivity contribution in [2.24, 2.45) is 0 Å². The fourth-order valence-corrected chi connectivity index (χ4v) is 3.33. The molecule has 0 spiro atoms. The van der Waals surface area contributed by atoms with Crippen LogP contribution in [0.25, 0.3) is 11.1 Å². The van der Waals surface area contributed by atoms with Gasteiger partial charge < -0.3 is 4.74 Å². The Kier molecular flexibility index (Phi) is 5.97. The SMILES string of the molecule is CC(C(=O)OCc1ccccc1)c1ccc(-c2ccccc2)c(Cl)c1Cl. The van der Waals surface area contributed by atoms with E-state index in [1.54, 1.807) is 6.92 Å². The molecule has 0 aliphatic rings.